The van der Waals surface area contributed by atoms with E-state index < -0.39 is 5.97 Å². The number of rotatable bonds is 10. The third-order valence-electron chi connectivity index (χ3n) is 6.75. The maximum absolute atomic E-state index is 10.7. The van der Waals surface area contributed by atoms with Crippen LogP contribution in [0, 0.1) is 0 Å². The average molecular weight is 500 g/mol. The van der Waals surface area contributed by atoms with Gasteiger partial charge in [0.15, 0.2) is 0 Å². The van der Waals surface area contributed by atoms with Crippen molar-refractivity contribution in [1.82, 2.24) is 5.32 Å². The molecular formula is C28H31Cl2NO3. The zero-order valence-corrected chi connectivity index (χ0v) is 20.9. The van der Waals surface area contributed by atoms with Crippen molar-refractivity contribution in [3.8, 4) is 16.9 Å². The number of fused-ring (bicyclic) bond motifs is 1. The molecule has 1 aliphatic rings. The molecule has 180 valence electrons. The highest BCUT2D eigenvalue weighted by molar-refractivity contribution is 6.30. The second kappa shape index (κ2) is 11.7. The average Bonchev–Trinajstić information content (AvgIpc) is 3.20. The lowest BCUT2D eigenvalue weighted by atomic mass is 9.72. The zero-order chi connectivity index (χ0) is 23.3. The molecule has 3 aromatic rings. The van der Waals surface area contributed by atoms with E-state index in [-0.39, 0.29) is 24.4 Å². The molecule has 0 aliphatic heterocycles. The number of carboxylic acid groups (broad SMARTS) is 1. The Hall–Kier alpha value is -2.53. The first-order valence-corrected chi connectivity index (χ1v) is 11.9. The number of carbonyl (C=O) groups is 1. The summed E-state index contributed by atoms with van der Waals surface area (Å²) in [6, 6.07) is 23.4. The van der Waals surface area contributed by atoms with Crippen molar-refractivity contribution in [3.05, 3.63) is 88.4 Å². The van der Waals surface area contributed by atoms with Crippen molar-refractivity contribution in [3.63, 3.8) is 0 Å². The lowest BCUT2D eigenvalue weighted by molar-refractivity contribution is -0.135. The summed E-state index contributed by atoms with van der Waals surface area (Å²) in [6.07, 6.45) is 5.10. The fraction of sp³-hybridized carbons (Fsp3) is 0.321. The highest BCUT2D eigenvalue weighted by Gasteiger charge is 2.39. The van der Waals surface area contributed by atoms with Crippen molar-refractivity contribution in [2.75, 3.05) is 20.2 Å². The van der Waals surface area contributed by atoms with Gasteiger partial charge in [-0.25, -0.2) is 0 Å². The van der Waals surface area contributed by atoms with Gasteiger partial charge in [0, 0.05) is 10.4 Å². The van der Waals surface area contributed by atoms with Gasteiger partial charge in [0.05, 0.1) is 13.7 Å². The van der Waals surface area contributed by atoms with Gasteiger partial charge in [-0.1, -0.05) is 60.5 Å². The lowest BCUT2D eigenvalue weighted by Crippen LogP contribution is -2.26. The molecule has 6 heteroatoms. The Balaban J connectivity index is 0.00000324. The van der Waals surface area contributed by atoms with Crippen LogP contribution in [0.3, 0.4) is 0 Å². The van der Waals surface area contributed by atoms with Gasteiger partial charge in [-0.3, -0.25) is 4.79 Å². The molecule has 0 amide bonds. The fourth-order valence-electron chi connectivity index (χ4n) is 5.06. The number of ether oxygens (including phenoxy) is 1. The maximum Gasteiger partial charge on any atom is 0.317 e. The predicted octanol–water partition coefficient (Wildman–Crippen LogP) is 6.51. The van der Waals surface area contributed by atoms with Crippen LogP contribution in [0.25, 0.3) is 11.1 Å². The molecule has 1 aliphatic carbocycles. The number of aryl methyl sites for hydroxylation is 1. The van der Waals surface area contributed by atoms with Crippen LogP contribution in [0.15, 0.2) is 66.7 Å². The van der Waals surface area contributed by atoms with Crippen molar-refractivity contribution in [1.29, 1.82) is 0 Å². The molecule has 0 saturated carbocycles. The molecular weight excluding hydrogens is 469 g/mol. The molecule has 0 radical (unpaired) electrons. The highest BCUT2D eigenvalue weighted by atomic mass is 35.5. The summed E-state index contributed by atoms with van der Waals surface area (Å²) in [6.45, 7) is 0.728. The summed E-state index contributed by atoms with van der Waals surface area (Å²) in [4.78, 5) is 10.7. The van der Waals surface area contributed by atoms with E-state index >= 15 is 0 Å². The first-order chi connectivity index (χ1) is 16.0. The van der Waals surface area contributed by atoms with Crippen LogP contribution in [0.1, 0.15) is 42.4 Å². The Morgan fingerprint density at radius 3 is 2.41 bits per heavy atom. The van der Waals surface area contributed by atoms with Gasteiger partial charge in [0.1, 0.15) is 5.75 Å². The third kappa shape index (κ3) is 5.75. The van der Waals surface area contributed by atoms with Crippen LogP contribution in [-0.2, 0) is 16.6 Å². The number of hydrogen-bond acceptors (Lipinski definition) is 3. The molecule has 2 N–H and O–H groups in total. The summed E-state index contributed by atoms with van der Waals surface area (Å²) in [7, 11) is 1.68. The van der Waals surface area contributed by atoms with E-state index in [1.165, 1.54) is 27.8 Å². The topological polar surface area (TPSA) is 58.6 Å². The number of unbranched alkanes of at least 4 members (excludes halogenated alkanes) is 1. The summed E-state index contributed by atoms with van der Waals surface area (Å²) in [5.41, 5.74) is 6.49. The Morgan fingerprint density at radius 1 is 1.03 bits per heavy atom. The lowest BCUT2D eigenvalue weighted by Gasteiger charge is -2.32. The van der Waals surface area contributed by atoms with Gasteiger partial charge in [-0.05, 0) is 84.3 Å². The molecule has 0 spiro atoms. The number of benzene rings is 3. The molecule has 3 aromatic carbocycles. The first-order valence-electron chi connectivity index (χ1n) is 11.5. The third-order valence-corrected chi connectivity index (χ3v) is 7.00. The van der Waals surface area contributed by atoms with Crippen molar-refractivity contribution < 1.29 is 14.6 Å². The van der Waals surface area contributed by atoms with E-state index in [4.69, 9.17) is 21.4 Å². The SMILES string of the molecule is COc1ccc(-c2ccc3c(c2)CC[C@]3(CCCCNCC(=O)O)c2ccc(Cl)cc2)cc1.Cl. The van der Waals surface area contributed by atoms with Crippen LogP contribution < -0.4 is 10.1 Å². The Morgan fingerprint density at radius 2 is 1.74 bits per heavy atom. The molecule has 0 aromatic heterocycles. The monoisotopic (exact) mass is 499 g/mol. The molecule has 0 unspecified atom stereocenters. The van der Waals surface area contributed by atoms with Gasteiger partial charge < -0.3 is 15.2 Å². The van der Waals surface area contributed by atoms with Crippen molar-refractivity contribution >= 4 is 30.0 Å². The van der Waals surface area contributed by atoms with Crippen LogP contribution in [-0.4, -0.2) is 31.3 Å². The Labute approximate surface area is 212 Å². The van der Waals surface area contributed by atoms with E-state index in [9.17, 15) is 4.79 Å². The quantitative estimate of drug-likeness (QED) is 0.312. The largest absolute Gasteiger partial charge is 0.497 e. The number of methoxy groups -OCH3 is 1. The van der Waals surface area contributed by atoms with Crippen LogP contribution >= 0.6 is 24.0 Å². The first kappa shape index (κ1) is 26.1. The molecule has 1 atom stereocenters. The normalized spacial score (nSPS) is 16.5. The maximum atomic E-state index is 10.7. The van der Waals surface area contributed by atoms with E-state index in [2.05, 4.69) is 47.8 Å². The molecule has 0 fully saturated rings. The summed E-state index contributed by atoms with van der Waals surface area (Å²) in [5, 5.41) is 12.6. The summed E-state index contributed by atoms with van der Waals surface area (Å²) < 4.78 is 5.29. The van der Waals surface area contributed by atoms with E-state index in [1.807, 2.05) is 24.3 Å². The molecule has 34 heavy (non-hydrogen) atoms. The summed E-state index contributed by atoms with van der Waals surface area (Å²) >= 11 is 6.20. The number of halogens is 2. The van der Waals surface area contributed by atoms with Gasteiger partial charge in [-0.2, -0.15) is 0 Å². The van der Waals surface area contributed by atoms with Crippen molar-refractivity contribution in [2.24, 2.45) is 0 Å². The van der Waals surface area contributed by atoms with Crippen LogP contribution in [0.2, 0.25) is 5.02 Å². The smallest absolute Gasteiger partial charge is 0.317 e. The summed E-state index contributed by atoms with van der Waals surface area (Å²) in [5.74, 6) is 0.0459. The molecule has 4 rings (SSSR count). The van der Waals surface area contributed by atoms with Gasteiger partial charge >= 0.3 is 5.97 Å². The molecule has 0 bridgehead atoms. The van der Waals surface area contributed by atoms with Crippen LogP contribution in [0.5, 0.6) is 5.75 Å². The van der Waals surface area contributed by atoms with E-state index in [1.54, 1.807) is 7.11 Å². The number of carboxylic acids is 1. The van der Waals surface area contributed by atoms with E-state index in [0.29, 0.717) is 6.54 Å². The minimum atomic E-state index is -0.815. The Kier molecular flexibility index (Phi) is 9.01. The predicted molar refractivity (Wildman–Crippen MR) is 141 cm³/mol. The molecule has 0 heterocycles. The van der Waals surface area contributed by atoms with E-state index in [0.717, 1.165) is 42.9 Å². The molecule has 4 nitrogen and oxygen atoms in total. The second-order valence-electron chi connectivity index (χ2n) is 8.72. The second-order valence-corrected chi connectivity index (χ2v) is 9.15. The highest BCUT2D eigenvalue weighted by Crippen LogP contribution is 2.48. The van der Waals surface area contributed by atoms with Crippen molar-refractivity contribution in [2.45, 2.75) is 37.5 Å². The fourth-order valence-corrected chi connectivity index (χ4v) is 5.18. The van der Waals surface area contributed by atoms with Gasteiger partial charge in [0.25, 0.3) is 0 Å². The van der Waals surface area contributed by atoms with Crippen LogP contribution in [0.4, 0.5) is 0 Å². The standard InChI is InChI=1S/C28H30ClNO3.ClH/c1-33-25-11-4-20(5-12-25)21-6-13-26-22(18-21)14-16-28(26,23-7-9-24(29)10-8-23)15-2-3-17-30-19-27(31)32;/h4-13,18,30H,2-3,14-17,19H2,1H3,(H,31,32);1H/t28-;/m1./s1. The minimum Gasteiger partial charge on any atom is -0.497 e. The minimum absolute atomic E-state index is 0. The number of aliphatic carboxylic acids is 1. The molecule has 0 saturated heterocycles. The Bertz CT molecular complexity index is 1100. The van der Waals surface area contributed by atoms with Gasteiger partial charge in [0.2, 0.25) is 0 Å². The number of nitrogens with one attached hydrogen (secondary N) is 1. The number of hydrogen-bond donors (Lipinski definition) is 2. The zero-order valence-electron chi connectivity index (χ0n) is 19.4. The van der Waals surface area contributed by atoms with Gasteiger partial charge in [-0.15, -0.1) is 12.4 Å².